The van der Waals surface area contributed by atoms with Crippen LogP contribution >= 0.6 is 0 Å². The number of ether oxygens (including phenoxy) is 1. The minimum Gasteiger partial charge on any atom is -0.455 e. The first-order chi connectivity index (χ1) is 13.9. The summed E-state index contributed by atoms with van der Waals surface area (Å²) in [4.78, 5) is 27.2. The second kappa shape index (κ2) is 9.71. The van der Waals surface area contributed by atoms with Crippen LogP contribution in [0, 0.1) is 5.92 Å². The van der Waals surface area contributed by atoms with Gasteiger partial charge in [-0.15, -0.1) is 0 Å². The van der Waals surface area contributed by atoms with Crippen LogP contribution in [0.4, 0.5) is 5.69 Å². The van der Waals surface area contributed by atoms with Gasteiger partial charge in [-0.25, -0.2) is 12.7 Å². The molecule has 2 aliphatic rings. The fraction of sp³-hybridized carbons (Fsp3) is 0.619. The molecule has 1 aromatic carbocycles. The monoisotopic (exact) mass is 422 g/mol. The van der Waals surface area contributed by atoms with Crippen molar-refractivity contribution in [3.63, 3.8) is 0 Å². The second-order valence-corrected chi connectivity index (χ2v) is 9.92. The van der Waals surface area contributed by atoms with Gasteiger partial charge in [0.05, 0.1) is 12.2 Å². The van der Waals surface area contributed by atoms with E-state index in [0.717, 1.165) is 31.4 Å². The lowest BCUT2D eigenvalue weighted by Crippen LogP contribution is -2.44. The quantitative estimate of drug-likeness (QED) is 0.658. The van der Waals surface area contributed by atoms with Crippen molar-refractivity contribution in [3.05, 3.63) is 30.3 Å². The number of hydrogen-bond donors (Lipinski definition) is 0. The minimum absolute atomic E-state index is 0.135. The Bertz CT molecular complexity index is 798. The van der Waals surface area contributed by atoms with Gasteiger partial charge >= 0.3 is 5.97 Å². The Morgan fingerprint density at radius 2 is 1.66 bits per heavy atom. The van der Waals surface area contributed by atoms with E-state index in [-0.39, 0.29) is 24.5 Å². The van der Waals surface area contributed by atoms with Crippen molar-refractivity contribution in [2.75, 3.05) is 30.9 Å². The van der Waals surface area contributed by atoms with Crippen LogP contribution in [0.1, 0.15) is 44.9 Å². The zero-order chi connectivity index (χ0) is 20.9. The van der Waals surface area contributed by atoms with Gasteiger partial charge in [0.15, 0.2) is 6.61 Å². The molecule has 0 N–H and O–H groups in total. The highest BCUT2D eigenvalue weighted by atomic mass is 32.2. The number of piperidine rings is 1. The van der Waals surface area contributed by atoms with E-state index in [1.54, 1.807) is 4.90 Å². The van der Waals surface area contributed by atoms with Gasteiger partial charge in [0.2, 0.25) is 10.0 Å². The fourth-order valence-corrected chi connectivity index (χ4v) is 5.10. The summed E-state index contributed by atoms with van der Waals surface area (Å²) in [6.45, 7) is 0.339. The predicted octanol–water partition coefficient (Wildman–Crippen LogP) is 2.57. The van der Waals surface area contributed by atoms with Gasteiger partial charge in [0.1, 0.15) is 0 Å². The molecule has 0 spiro atoms. The molecular formula is C21H30N2O5S. The summed E-state index contributed by atoms with van der Waals surface area (Å²) in [7, 11) is -3.23. The van der Waals surface area contributed by atoms with Gasteiger partial charge in [0.25, 0.3) is 5.91 Å². The van der Waals surface area contributed by atoms with Crippen molar-refractivity contribution in [3.8, 4) is 0 Å². The largest absolute Gasteiger partial charge is 0.455 e. The van der Waals surface area contributed by atoms with E-state index in [1.807, 2.05) is 30.3 Å². The van der Waals surface area contributed by atoms with Crippen molar-refractivity contribution in [1.29, 1.82) is 0 Å². The summed E-state index contributed by atoms with van der Waals surface area (Å²) in [5.41, 5.74) is 0.835. The average molecular weight is 423 g/mol. The first-order valence-corrected chi connectivity index (χ1v) is 12.2. The van der Waals surface area contributed by atoms with Gasteiger partial charge in [-0.1, -0.05) is 37.5 Å². The van der Waals surface area contributed by atoms with Crippen molar-refractivity contribution in [2.45, 2.75) is 51.0 Å². The Morgan fingerprint density at radius 1 is 1.03 bits per heavy atom. The predicted molar refractivity (Wildman–Crippen MR) is 111 cm³/mol. The van der Waals surface area contributed by atoms with E-state index in [1.165, 1.54) is 17.0 Å². The maximum atomic E-state index is 13.0. The van der Waals surface area contributed by atoms with Crippen molar-refractivity contribution in [1.82, 2.24) is 4.31 Å². The van der Waals surface area contributed by atoms with Crippen LogP contribution in [0.15, 0.2) is 30.3 Å². The molecule has 2 fully saturated rings. The van der Waals surface area contributed by atoms with E-state index < -0.39 is 16.0 Å². The van der Waals surface area contributed by atoms with Crippen LogP contribution in [0.25, 0.3) is 0 Å². The molecule has 0 aromatic heterocycles. The fourth-order valence-electron chi connectivity index (χ4n) is 4.23. The van der Waals surface area contributed by atoms with Gasteiger partial charge < -0.3 is 9.64 Å². The lowest BCUT2D eigenvalue weighted by molar-refractivity contribution is -0.153. The van der Waals surface area contributed by atoms with Crippen molar-refractivity contribution in [2.24, 2.45) is 5.92 Å². The van der Waals surface area contributed by atoms with Crippen LogP contribution in [0.5, 0.6) is 0 Å². The molecule has 1 aliphatic heterocycles. The maximum absolute atomic E-state index is 13.0. The van der Waals surface area contributed by atoms with Crippen LogP contribution in [-0.4, -0.2) is 56.6 Å². The van der Waals surface area contributed by atoms with E-state index in [9.17, 15) is 18.0 Å². The van der Waals surface area contributed by atoms with Crippen LogP contribution in [0.3, 0.4) is 0 Å². The first-order valence-electron chi connectivity index (χ1n) is 10.3. The Hall–Kier alpha value is -1.93. The Labute approximate surface area is 173 Å². The number of amides is 1. The Kier molecular flexibility index (Phi) is 7.29. The number of rotatable bonds is 6. The molecule has 3 rings (SSSR count). The molecule has 1 aliphatic carbocycles. The van der Waals surface area contributed by atoms with E-state index in [4.69, 9.17) is 4.74 Å². The molecule has 1 saturated heterocycles. The highest BCUT2D eigenvalue weighted by Gasteiger charge is 2.32. The zero-order valence-electron chi connectivity index (χ0n) is 17.0. The third-order valence-electron chi connectivity index (χ3n) is 5.84. The molecule has 0 atom stereocenters. The summed E-state index contributed by atoms with van der Waals surface area (Å²) in [5, 5.41) is 0. The van der Waals surface area contributed by atoms with E-state index >= 15 is 0 Å². The van der Waals surface area contributed by atoms with Crippen molar-refractivity contribution >= 4 is 27.6 Å². The smallest absolute Gasteiger partial charge is 0.309 e. The molecule has 7 nitrogen and oxygen atoms in total. The average Bonchev–Trinajstić information content (AvgIpc) is 2.73. The molecular weight excluding hydrogens is 392 g/mol. The number of anilines is 1. The van der Waals surface area contributed by atoms with E-state index in [2.05, 4.69) is 0 Å². The number of nitrogens with zero attached hydrogens (tertiary/aromatic N) is 2. The topological polar surface area (TPSA) is 84.0 Å². The Balaban J connectivity index is 1.58. The highest BCUT2D eigenvalue weighted by molar-refractivity contribution is 7.88. The molecule has 1 aromatic rings. The van der Waals surface area contributed by atoms with Crippen LogP contribution < -0.4 is 4.90 Å². The number of hydrogen-bond acceptors (Lipinski definition) is 5. The second-order valence-electron chi connectivity index (χ2n) is 7.94. The molecule has 1 saturated carbocycles. The van der Waals surface area contributed by atoms with Gasteiger partial charge in [0, 0.05) is 24.8 Å². The lowest BCUT2D eigenvalue weighted by atomic mass is 9.93. The summed E-state index contributed by atoms with van der Waals surface area (Å²) >= 11 is 0. The number of para-hydroxylation sites is 1. The normalized spacial score (nSPS) is 19.6. The Morgan fingerprint density at radius 3 is 2.24 bits per heavy atom. The molecule has 1 heterocycles. The van der Waals surface area contributed by atoms with Crippen LogP contribution in [0.2, 0.25) is 0 Å². The molecule has 8 heteroatoms. The summed E-state index contributed by atoms with van der Waals surface area (Å²) in [6.07, 6.45) is 7.31. The van der Waals surface area contributed by atoms with E-state index in [0.29, 0.717) is 25.9 Å². The summed E-state index contributed by atoms with van der Waals surface area (Å²) in [6, 6.07) is 9.68. The number of esters is 1. The van der Waals surface area contributed by atoms with Crippen LogP contribution in [-0.2, 0) is 24.3 Å². The third-order valence-corrected chi connectivity index (χ3v) is 7.14. The first kappa shape index (κ1) is 21.8. The SMILES string of the molecule is CS(=O)(=O)N1CCC(C(=O)OCC(=O)N(c2ccccc2)C2CCCCC2)CC1. The zero-order valence-corrected chi connectivity index (χ0v) is 17.8. The minimum atomic E-state index is -3.23. The van der Waals surface area contributed by atoms with Gasteiger partial charge in [-0.2, -0.15) is 0 Å². The molecule has 0 bridgehead atoms. The maximum Gasteiger partial charge on any atom is 0.309 e. The highest BCUT2D eigenvalue weighted by Crippen LogP contribution is 2.28. The lowest BCUT2D eigenvalue weighted by Gasteiger charge is -2.34. The summed E-state index contributed by atoms with van der Waals surface area (Å²) < 4.78 is 29.9. The molecule has 160 valence electrons. The number of benzene rings is 1. The van der Waals surface area contributed by atoms with Gasteiger partial charge in [-0.3, -0.25) is 9.59 Å². The summed E-state index contributed by atoms with van der Waals surface area (Å²) in [5.74, 6) is -0.978. The number of carbonyl (C=O) groups is 2. The standard InChI is InChI=1S/C21H30N2O5S/c1-29(26,27)22-14-12-17(13-15-22)21(25)28-16-20(24)23(18-8-4-2-5-9-18)19-10-6-3-7-11-19/h2,4-5,8-9,17,19H,3,6-7,10-16H2,1H3. The van der Waals surface area contributed by atoms with Gasteiger partial charge in [-0.05, 0) is 37.8 Å². The number of carbonyl (C=O) groups excluding carboxylic acids is 2. The molecule has 0 unspecified atom stereocenters. The molecule has 29 heavy (non-hydrogen) atoms. The van der Waals surface area contributed by atoms with Crippen molar-refractivity contribution < 1.29 is 22.7 Å². The molecule has 0 radical (unpaired) electrons. The molecule has 1 amide bonds. The number of sulfonamides is 1. The third kappa shape index (κ3) is 5.79.